The molecule has 9 nitrogen and oxygen atoms in total. The molecule has 3 unspecified atom stereocenters. The van der Waals surface area contributed by atoms with E-state index < -0.39 is 11.2 Å². The van der Waals surface area contributed by atoms with E-state index >= 15 is 0 Å². The first kappa shape index (κ1) is 22.6. The van der Waals surface area contributed by atoms with Gasteiger partial charge in [0.05, 0.1) is 35.6 Å². The van der Waals surface area contributed by atoms with Crippen LogP contribution in [0.1, 0.15) is 44.6 Å². The summed E-state index contributed by atoms with van der Waals surface area (Å²) in [6.45, 7) is 0.618. The first-order valence-corrected chi connectivity index (χ1v) is 12.6. The number of benzene rings is 1. The molecule has 2 heterocycles. The minimum Gasteiger partial charge on any atom is -0.446 e. The number of carbonyl (C=O) groups is 2. The number of halogens is 1. The first-order valence-electron chi connectivity index (χ1n) is 12.6. The van der Waals surface area contributed by atoms with Gasteiger partial charge < -0.3 is 20.5 Å². The van der Waals surface area contributed by atoms with Crippen molar-refractivity contribution in [3.05, 3.63) is 34.5 Å². The number of aromatic nitrogens is 2. The Balaban J connectivity index is 1.19. The van der Waals surface area contributed by atoms with E-state index in [0.717, 1.165) is 19.3 Å². The summed E-state index contributed by atoms with van der Waals surface area (Å²) in [5.41, 5.74) is 6.04. The smallest absolute Gasteiger partial charge is 0.410 e. The van der Waals surface area contributed by atoms with E-state index in [2.05, 4.69) is 0 Å². The van der Waals surface area contributed by atoms with E-state index in [1.807, 2.05) is 0 Å². The fraction of sp³-hybridized carbons (Fsp3) is 0.640. The molecule has 4 aliphatic carbocycles. The van der Waals surface area contributed by atoms with Gasteiger partial charge in [0, 0.05) is 13.1 Å². The van der Waals surface area contributed by atoms with Gasteiger partial charge in [0.15, 0.2) is 0 Å². The third-order valence-electron chi connectivity index (χ3n) is 8.98. The number of ether oxygens (including phenoxy) is 1. The molecule has 1 saturated heterocycles. The maximum atomic E-state index is 13.9. The third kappa shape index (κ3) is 3.48. The second-order valence-electron chi connectivity index (χ2n) is 11.0. The summed E-state index contributed by atoms with van der Waals surface area (Å²) >= 11 is 0. The molecule has 1 aromatic heterocycles. The van der Waals surface area contributed by atoms with Gasteiger partial charge in [-0.15, -0.1) is 0 Å². The lowest BCUT2D eigenvalue weighted by Crippen LogP contribution is -2.59. The molecule has 188 valence electrons. The van der Waals surface area contributed by atoms with Crippen LogP contribution in [-0.4, -0.2) is 56.9 Å². The molecule has 10 heteroatoms. The number of imidazole rings is 1. The summed E-state index contributed by atoms with van der Waals surface area (Å²) in [5, 5.41) is 9.39. The predicted molar refractivity (Wildman–Crippen MR) is 124 cm³/mol. The molecular formula is C25H31FN4O5. The van der Waals surface area contributed by atoms with Crippen molar-refractivity contribution in [3.8, 4) is 0 Å². The largest absolute Gasteiger partial charge is 0.446 e. The monoisotopic (exact) mass is 486 g/mol. The molecule has 1 aliphatic heterocycles. The maximum absolute atomic E-state index is 13.9. The van der Waals surface area contributed by atoms with Crippen LogP contribution in [0.3, 0.4) is 0 Å². The lowest BCUT2D eigenvalue weighted by atomic mass is 9.48. The topological polar surface area (TPSA) is 120 Å². The van der Waals surface area contributed by atoms with Gasteiger partial charge in [-0.1, -0.05) is 0 Å². The fourth-order valence-corrected chi connectivity index (χ4v) is 7.70. The second-order valence-corrected chi connectivity index (χ2v) is 11.0. The van der Waals surface area contributed by atoms with E-state index in [4.69, 9.17) is 10.5 Å². The SMILES string of the molecule is NC(=O)C12CC3CC(C1)C(OC(=O)N1CCC(n4c(=O)n(CCO)c5cc(F)ccc54)C1)C(C3)C2. The lowest BCUT2D eigenvalue weighted by Gasteiger charge is -2.58. The van der Waals surface area contributed by atoms with Gasteiger partial charge in [-0.25, -0.2) is 14.0 Å². The van der Waals surface area contributed by atoms with Crippen molar-refractivity contribution >= 4 is 23.0 Å². The van der Waals surface area contributed by atoms with E-state index in [9.17, 15) is 23.9 Å². The number of nitrogens with two attached hydrogens (primary N) is 1. The molecule has 2 amide bonds. The van der Waals surface area contributed by atoms with Gasteiger partial charge in [-0.2, -0.15) is 0 Å². The van der Waals surface area contributed by atoms with Gasteiger partial charge >= 0.3 is 11.8 Å². The highest BCUT2D eigenvalue weighted by atomic mass is 19.1. The van der Waals surface area contributed by atoms with Crippen molar-refractivity contribution in [1.82, 2.24) is 14.0 Å². The highest BCUT2D eigenvalue weighted by Crippen LogP contribution is 2.60. The molecule has 1 aromatic carbocycles. The van der Waals surface area contributed by atoms with Crippen LogP contribution in [0.5, 0.6) is 0 Å². The number of fused-ring (bicyclic) bond motifs is 1. The maximum Gasteiger partial charge on any atom is 0.410 e. The summed E-state index contributed by atoms with van der Waals surface area (Å²) in [7, 11) is 0. The molecule has 3 atom stereocenters. The number of carbonyl (C=O) groups excluding carboxylic acids is 2. The number of likely N-dealkylation sites (tertiary alicyclic amines) is 1. The molecule has 4 bridgehead atoms. The number of rotatable bonds is 5. The normalized spacial score (nSPS) is 33.5. The predicted octanol–water partition coefficient (Wildman–Crippen LogP) is 2.00. The fourth-order valence-electron chi connectivity index (χ4n) is 7.70. The van der Waals surface area contributed by atoms with E-state index in [1.54, 1.807) is 15.5 Å². The Morgan fingerprint density at radius 3 is 2.60 bits per heavy atom. The van der Waals surface area contributed by atoms with Gasteiger partial charge in [-0.05, 0) is 74.5 Å². The van der Waals surface area contributed by atoms with Crippen LogP contribution in [0, 0.1) is 29.0 Å². The molecule has 3 N–H and O–H groups in total. The Hall–Kier alpha value is -2.88. The van der Waals surface area contributed by atoms with E-state index in [0.29, 0.717) is 49.3 Å². The summed E-state index contributed by atoms with van der Waals surface area (Å²) < 4.78 is 22.9. The molecule has 35 heavy (non-hydrogen) atoms. The van der Waals surface area contributed by atoms with Crippen molar-refractivity contribution in [2.75, 3.05) is 19.7 Å². The van der Waals surface area contributed by atoms with Crippen LogP contribution in [0.2, 0.25) is 0 Å². The molecule has 4 saturated carbocycles. The number of primary amides is 1. The van der Waals surface area contributed by atoms with Crippen molar-refractivity contribution in [2.45, 2.75) is 57.2 Å². The first-order chi connectivity index (χ1) is 16.8. The second kappa shape index (κ2) is 8.08. The van der Waals surface area contributed by atoms with Gasteiger partial charge in [-0.3, -0.25) is 13.9 Å². The van der Waals surface area contributed by atoms with E-state index in [-0.39, 0.29) is 54.8 Å². The minimum absolute atomic E-state index is 0.0719. The average molecular weight is 487 g/mol. The molecule has 5 aliphatic rings. The van der Waals surface area contributed by atoms with Crippen LogP contribution in [0.4, 0.5) is 9.18 Å². The summed E-state index contributed by atoms with van der Waals surface area (Å²) in [4.78, 5) is 40.1. The summed E-state index contributed by atoms with van der Waals surface area (Å²) in [6.07, 6.45) is 4.23. The summed E-state index contributed by atoms with van der Waals surface area (Å²) in [6, 6.07) is 3.92. The quantitative estimate of drug-likeness (QED) is 0.670. The summed E-state index contributed by atoms with van der Waals surface area (Å²) in [5.74, 6) is 0.163. The Morgan fingerprint density at radius 2 is 1.91 bits per heavy atom. The number of aliphatic hydroxyl groups is 1. The molecule has 0 radical (unpaired) electrons. The van der Waals surface area contributed by atoms with Crippen LogP contribution >= 0.6 is 0 Å². The zero-order valence-electron chi connectivity index (χ0n) is 19.6. The standard InChI is InChI=1S/C25H31FN4O5/c26-17-1-2-19-20(9-17)29(5-6-31)23(33)30(19)18-3-4-28(13-18)24(34)35-21-15-7-14-8-16(21)12-25(10-14,11-15)22(27)32/h1-2,9,14-16,18,21,31H,3-8,10-13H2,(H2,27,32). The Labute approximate surface area is 201 Å². The highest BCUT2D eigenvalue weighted by molar-refractivity contribution is 5.81. The average Bonchev–Trinajstić information content (AvgIpc) is 3.39. The van der Waals surface area contributed by atoms with Crippen LogP contribution in [0.25, 0.3) is 11.0 Å². The van der Waals surface area contributed by atoms with E-state index in [1.165, 1.54) is 16.7 Å². The number of aliphatic hydroxyl groups excluding tert-OH is 1. The van der Waals surface area contributed by atoms with Crippen molar-refractivity contribution < 1.29 is 23.8 Å². The molecular weight excluding hydrogens is 455 g/mol. The minimum atomic E-state index is -0.452. The van der Waals surface area contributed by atoms with Crippen LogP contribution in [-0.2, 0) is 16.1 Å². The van der Waals surface area contributed by atoms with Crippen molar-refractivity contribution in [2.24, 2.45) is 28.9 Å². The Bertz CT molecular complexity index is 1240. The Morgan fingerprint density at radius 1 is 1.17 bits per heavy atom. The highest BCUT2D eigenvalue weighted by Gasteiger charge is 2.59. The van der Waals surface area contributed by atoms with Crippen LogP contribution < -0.4 is 11.4 Å². The lowest BCUT2D eigenvalue weighted by molar-refractivity contribution is -0.161. The molecule has 7 rings (SSSR count). The zero-order valence-corrected chi connectivity index (χ0v) is 19.6. The Kier molecular flexibility index (Phi) is 5.21. The zero-order chi connectivity index (χ0) is 24.5. The number of amides is 2. The number of nitrogens with zero attached hydrogens (tertiary/aromatic N) is 3. The molecule has 2 aromatic rings. The number of hydrogen-bond acceptors (Lipinski definition) is 5. The molecule has 0 spiro atoms. The van der Waals surface area contributed by atoms with Crippen LogP contribution in [0.15, 0.2) is 23.0 Å². The van der Waals surface area contributed by atoms with Crippen molar-refractivity contribution in [1.29, 1.82) is 0 Å². The number of hydrogen-bond donors (Lipinski definition) is 2. The van der Waals surface area contributed by atoms with Crippen molar-refractivity contribution in [3.63, 3.8) is 0 Å². The molecule has 5 fully saturated rings. The van der Waals surface area contributed by atoms with Gasteiger partial charge in [0.25, 0.3) is 0 Å². The third-order valence-corrected chi connectivity index (χ3v) is 8.98. The van der Waals surface area contributed by atoms with Gasteiger partial charge in [0.1, 0.15) is 11.9 Å². The van der Waals surface area contributed by atoms with Gasteiger partial charge in [0.2, 0.25) is 5.91 Å².